The molecule has 0 saturated heterocycles. The van der Waals surface area contributed by atoms with E-state index in [9.17, 15) is 0 Å². The molecule has 0 aliphatic rings. The Labute approximate surface area is 337 Å². The Hall–Kier alpha value is 1.76. The summed E-state index contributed by atoms with van der Waals surface area (Å²) >= 11 is 0. The molecule has 0 aliphatic carbocycles. The third-order valence-corrected chi connectivity index (χ3v) is 9.91. The summed E-state index contributed by atoms with van der Waals surface area (Å²) in [5.41, 5.74) is 0. The molecule has 0 bridgehead atoms. The molecule has 2 rings (SSSR count). The van der Waals surface area contributed by atoms with Gasteiger partial charge in [0.2, 0.25) is 0 Å². The fourth-order valence-electron chi connectivity index (χ4n) is 1.87. The number of nitrogens with one attached hydrogen (secondary N) is 2. The van der Waals surface area contributed by atoms with Gasteiger partial charge in [-0.15, -0.1) is 0 Å². The van der Waals surface area contributed by atoms with Gasteiger partial charge in [-0.1, -0.05) is 33.7 Å². The number of rotatable bonds is 11. The van der Waals surface area contributed by atoms with Gasteiger partial charge in [0.15, 0.2) is 0 Å². The van der Waals surface area contributed by atoms with Crippen molar-refractivity contribution >= 4 is 55.5 Å². The zero-order valence-corrected chi connectivity index (χ0v) is 36.1. The predicted octanol–water partition coefficient (Wildman–Crippen LogP) is 6.08. The van der Waals surface area contributed by atoms with E-state index in [-0.39, 0.29) is 139 Å². The molecule has 0 unspecified atom stereocenters. The average molecular weight is 867 g/mol. The van der Waals surface area contributed by atoms with E-state index in [4.69, 9.17) is 19.2 Å². The molecule has 2 heterocycles. The standard InChI is InChI=1S/C11H17N2S2.C10H15N2S2.2CO2.2CH3.2V.2Y/c1-11(2,7-9-12-3)15-14-10-6-4-5-8-13-10;1-10(2,8-11-3)14-13-9-6-4-5-7-12-9;2*2-1-3;;;;;;/h4-6,8,12H,3,7,9H2,1-2H3;4-7,11H,3,8H2,1-2H3;;;2*1H3;;;;/q2*-1;;;2*-1;;;;. The molecule has 8 nitrogen and oxygen atoms in total. The van der Waals surface area contributed by atoms with Crippen LogP contribution in [0.25, 0.3) is 0 Å². The number of hydrogen-bond acceptors (Lipinski definition) is 12. The van der Waals surface area contributed by atoms with Gasteiger partial charge in [0.05, 0.1) is 0 Å². The third-order valence-electron chi connectivity index (χ3n) is 3.44. The molecule has 41 heavy (non-hydrogen) atoms. The van der Waals surface area contributed by atoms with Crippen LogP contribution in [0.2, 0.25) is 0 Å². The van der Waals surface area contributed by atoms with Gasteiger partial charge in [-0.3, -0.25) is 14.1 Å². The summed E-state index contributed by atoms with van der Waals surface area (Å²) in [4.78, 5) is 41.0. The van der Waals surface area contributed by atoms with Crippen LogP contribution in [0.1, 0.15) is 34.1 Å². The summed E-state index contributed by atoms with van der Waals surface area (Å²) in [5, 5.41) is 7.99. The molecule has 0 fully saturated rings. The van der Waals surface area contributed by atoms with Gasteiger partial charge in [-0.05, 0) is 93.1 Å². The zero-order chi connectivity index (χ0) is 27.0. The molecular weight excluding hydrogens is 828 g/mol. The van der Waals surface area contributed by atoms with Crippen LogP contribution in [0.15, 0.2) is 58.8 Å². The van der Waals surface area contributed by atoms with E-state index >= 15 is 0 Å². The van der Waals surface area contributed by atoms with E-state index in [2.05, 4.69) is 62.4 Å². The minimum Gasteiger partial charge on any atom is -0.473 e. The van der Waals surface area contributed by atoms with E-state index < -0.39 is 0 Å². The van der Waals surface area contributed by atoms with E-state index in [0.29, 0.717) is 0 Å². The Morgan fingerprint density at radius 3 is 1.39 bits per heavy atom. The molecule has 16 heteroatoms. The quantitative estimate of drug-likeness (QED) is 0.202. The largest absolute Gasteiger partial charge is 0.473 e. The average Bonchev–Trinajstić information content (AvgIpc) is 2.83. The summed E-state index contributed by atoms with van der Waals surface area (Å²) in [5.74, 6) is 0. The maximum absolute atomic E-state index is 8.12. The molecule has 226 valence electrons. The number of hydrogen-bond donors (Lipinski definition) is 2. The Kier molecular flexibility index (Phi) is 62.9. The summed E-state index contributed by atoms with van der Waals surface area (Å²) in [6.07, 6.45) is 5.24. The van der Waals surface area contributed by atoms with Crippen LogP contribution < -0.4 is 10.6 Å². The van der Waals surface area contributed by atoms with Crippen LogP contribution in [0.4, 0.5) is 0 Å². The van der Waals surface area contributed by atoms with Crippen LogP contribution in [-0.2, 0) is 122 Å². The van der Waals surface area contributed by atoms with Crippen molar-refractivity contribution in [3.05, 3.63) is 77.7 Å². The van der Waals surface area contributed by atoms with Gasteiger partial charge < -0.3 is 25.5 Å². The molecule has 4 radical (unpaired) electrons. The normalized spacial score (nSPS) is 8.63. The first-order chi connectivity index (χ1) is 16.6. The van der Waals surface area contributed by atoms with Gasteiger partial charge in [0.25, 0.3) is 0 Å². The van der Waals surface area contributed by atoms with Crippen molar-refractivity contribution < 1.29 is 122 Å². The van der Waals surface area contributed by atoms with Crippen molar-refractivity contribution in [1.82, 2.24) is 20.6 Å². The molecule has 0 amide bonds. The Morgan fingerprint density at radius 1 is 0.732 bits per heavy atom. The van der Waals surface area contributed by atoms with Crippen molar-refractivity contribution in [2.24, 2.45) is 0 Å². The minimum absolute atomic E-state index is 0. The number of carbonyl (C=O) groups excluding carboxylic acids is 4. The van der Waals surface area contributed by atoms with Gasteiger partial charge in [0, 0.05) is 124 Å². The summed E-state index contributed by atoms with van der Waals surface area (Å²) in [6.45, 7) is 10.7. The summed E-state index contributed by atoms with van der Waals surface area (Å²) < 4.78 is 0.414. The minimum atomic E-state index is 0. The molecular formula is C25H38N4O4S4V2Y2-4. The monoisotopic (exact) mass is 866 g/mol. The fourth-order valence-corrected chi connectivity index (χ4v) is 6.19. The Bertz CT molecular complexity index is 844. The molecule has 2 aromatic heterocycles. The first-order valence-corrected chi connectivity index (χ1v) is 14.4. The van der Waals surface area contributed by atoms with Gasteiger partial charge in [-0.25, -0.2) is 9.97 Å². The van der Waals surface area contributed by atoms with Gasteiger partial charge in [-0.2, -0.15) is 19.2 Å². The van der Waals surface area contributed by atoms with Crippen molar-refractivity contribution in [2.45, 2.75) is 53.7 Å². The topological polar surface area (TPSA) is 118 Å². The molecule has 0 aromatic carbocycles. The van der Waals surface area contributed by atoms with Crippen LogP contribution in [0.3, 0.4) is 0 Å². The number of pyridine rings is 2. The van der Waals surface area contributed by atoms with Crippen molar-refractivity contribution in [3.63, 3.8) is 0 Å². The maximum atomic E-state index is 8.12. The van der Waals surface area contributed by atoms with Gasteiger partial charge in [0.1, 0.15) is 10.1 Å². The molecule has 0 aliphatic heterocycles. The van der Waals surface area contributed by atoms with Crippen molar-refractivity contribution in [3.8, 4) is 0 Å². The van der Waals surface area contributed by atoms with Crippen molar-refractivity contribution in [1.29, 1.82) is 0 Å². The third kappa shape index (κ3) is 43.9. The van der Waals surface area contributed by atoms with Crippen LogP contribution in [0.5, 0.6) is 0 Å². The molecule has 2 aromatic rings. The van der Waals surface area contributed by atoms with Crippen LogP contribution in [0, 0.1) is 28.9 Å². The number of nitrogens with zero attached hydrogens (tertiary/aromatic N) is 2. The maximum Gasteiger partial charge on any atom is 0.373 e. The smallest absolute Gasteiger partial charge is 0.373 e. The van der Waals surface area contributed by atoms with E-state index in [0.717, 1.165) is 29.6 Å². The molecule has 0 atom stereocenters. The molecule has 2 N–H and O–H groups in total. The fraction of sp³-hybridized carbons (Fsp3) is 0.360. The second-order valence-electron chi connectivity index (χ2n) is 7.53. The Morgan fingerprint density at radius 2 is 1.10 bits per heavy atom. The van der Waals surface area contributed by atoms with Crippen molar-refractivity contribution in [2.75, 3.05) is 13.1 Å². The first kappa shape index (κ1) is 61.7. The number of aromatic nitrogens is 2. The van der Waals surface area contributed by atoms with E-state index in [1.807, 2.05) is 70.4 Å². The van der Waals surface area contributed by atoms with Crippen LogP contribution in [-0.4, -0.2) is 44.9 Å². The van der Waals surface area contributed by atoms with E-state index in [1.54, 1.807) is 21.6 Å². The summed E-state index contributed by atoms with van der Waals surface area (Å²) in [6, 6.07) is 11.9. The van der Waals surface area contributed by atoms with Crippen LogP contribution >= 0.6 is 43.2 Å². The second kappa shape index (κ2) is 41.8. The van der Waals surface area contributed by atoms with E-state index in [1.165, 1.54) is 0 Å². The first-order valence-electron chi connectivity index (χ1n) is 10.1. The SMILES string of the molecule is O=C=O.O=C=O.[CH2-]NCC(C)(C)SSc1ccccn1.[CH2-]NCCC(C)(C)SSc1ccccn1.[CH3-].[CH3-].[V].[V].[Y].[Y]. The zero-order valence-electron chi connectivity index (χ0n) is 24.4. The summed E-state index contributed by atoms with van der Waals surface area (Å²) in [7, 11) is 14.4. The molecule has 0 saturated carbocycles. The molecule has 0 spiro atoms. The second-order valence-corrected chi connectivity index (χ2v) is 13.2. The van der Waals surface area contributed by atoms with Gasteiger partial charge >= 0.3 is 12.3 Å². The Balaban J connectivity index is -0.0000000660. The predicted molar refractivity (Wildman–Crippen MR) is 158 cm³/mol.